The molecule has 1 heterocycles. The number of aliphatic hydroxyl groups excluding tert-OH is 1. The van der Waals surface area contributed by atoms with E-state index in [9.17, 15) is 14.7 Å². The number of ether oxygens (including phenoxy) is 1. The minimum absolute atomic E-state index is 0.0637. The molecule has 98 valence electrons. The zero-order chi connectivity index (χ0) is 13.1. The molecule has 3 rings (SSSR count). The van der Waals surface area contributed by atoms with Crippen molar-refractivity contribution in [1.29, 1.82) is 0 Å². The van der Waals surface area contributed by atoms with Crippen LogP contribution in [0.3, 0.4) is 0 Å². The maximum atomic E-state index is 11.7. The number of rotatable bonds is 0. The molecule has 0 spiro atoms. The van der Waals surface area contributed by atoms with Gasteiger partial charge in [-0.15, -0.1) is 0 Å². The predicted octanol–water partition coefficient (Wildman–Crippen LogP) is 1.22. The molecular weight excluding hydrogens is 232 g/mol. The fourth-order valence-electron chi connectivity index (χ4n) is 3.64. The van der Waals surface area contributed by atoms with Crippen molar-refractivity contribution in [2.24, 2.45) is 17.3 Å². The van der Waals surface area contributed by atoms with E-state index in [0.717, 1.165) is 18.4 Å². The molecule has 2 fully saturated rings. The predicted molar refractivity (Wildman–Crippen MR) is 63.6 cm³/mol. The number of ketones is 1. The lowest BCUT2D eigenvalue weighted by Crippen LogP contribution is -2.48. The van der Waals surface area contributed by atoms with E-state index in [2.05, 4.69) is 0 Å². The van der Waals surface area contributed by atoms with Crippen LogP contribution in [0.15, 0.2) is 11.6 Å². The summed E-state index contributed by atoms with van der Waals surface area (Å²) in [5.74, 6) is -0.182. The molecule has 0 aromatic carbocycles. The second-order valence-corrected chi connectivity index (χ2v) is 6.05. The first-order chi connectivity index (χ1) is 8.43. The average molecular weight is 250 g/mol. The Morgan fingerprint density at radius 3 is 2.89 bits per heavy atom. The van der Waals surface area contributed by atoms with E-state index in [-0.39, 0.29) is 36.1 Å². The van der Waals surface area contributed by atoms with Gasteiger partial charge in [0.1, 0.15) is 6.10 Å². The number of carbonyl (C=O) groups excluding carboxylic acids is 2. The summed E-state index contributed by atoms with van der Waals surface area (Å²) in [6.07, 6.45) is 2.52. The molecule has 5 atom stereocenters. The molecule has 1 aliphatic heterocycles. The molecule has 1 saturated heterocycles. The van der Waals surface area contributed by atoms with Crippen molar-refractivity contribution in [3.8, 4) is 0 Å². The van der Waals surface area contributed by atoms with E-state index in [1.54, 1.807) is 6.08 Å². The Bertz CT molecular complexity index is 453. The summed E-state index contributed by atoms with van der Waals surface area (Å²) in [5, 5.41) is 10.2. The number of allylic oxidation sites excluding steroid dienone is 1. The van der Waals surface area contributed by atoms with E-state index in [1.807, 2.05) is 13.8 Å². The van der Waals surface area contributed by atoms with E-state index in [4.69, 9.17) is 4.74 Å². The van der Waals surface area contributed by atoms with Crippen LogP contribution < -0.4 is 0 Å². The van der Waals surface area contributed by atoms with E-state index >= 15 is 0 Å². The van der Waals surface area contributed by atoms with Crippen molar-refractivity contribution in [1.82, 2.24) is 0 Å². The monoisotopic (exact) mass is 250 g/mol. The summed E-state index contributed by atoms with van der Waals surface area (Å²) in [5.41, 5.74) is 0.430. The minimum Gasteiger partial charge on any atom is -0.457 e. The van der Waals surface area contributed by atoms with Crippen molar-refractivity contribution in [3.63, 3.8) is 0 Å². The van der Waals surface area contributed by atoms with Crippen molar-refractivity contribution < 1.29 is 19.4 Å². The number of fused-ring (bicyclic) bond motifs is 3. The standard InChI is InChI=1S/C14H18O4/c1-7-9-3-4-14(2)10(12(9)18-13(7)17)5-8(15)6-11(14)16/h5,7,9,11-12,16H,3-4,6H2,1-2H3/t7-,9-,11+,12+,14+/m0/s1. The van der Waals surface area contributed by atoms with Gasteiger partial charge in [0.15, 0.2) is 5.78 Å². The maximum Gasteiger partial charge on any atom is 0.309 e. The van der Waals surface area contributed by atoms with Crippen LogP contribution in [-0.2, 0) is 14.3 Å². The van der Waals surface area contributed by atoms with Gasteiger partial charge in [-0.3, -0.25) is 9.59 Å². The fourth-order valence-corrected chi connectivity index (χ4v) is 3.64. The highest BCUT2D eigenvalue weighted by Crippen LogP contribution is 2.53. The Hall–Kier alpha value is -1.16. The topological polar surface area (TPSA) is 63.6 Å². The molecule has 0 amide bonds. The molecule has 3 aliphatic rings. The van der Waals surface area contributed by atoms with Gasteiger partial charge in [-0.1, -0.05) is 13.8 Å². The van der Waals surface area contributed by atoms with E-state index in [1.165, 1.54) is 0 Å². The normalized spacial score (nSPS) is 47.2. The molecule has 0 aromatic rings. The summed E-state index contributed by atoms with van der Waals surface area (Å²) in [6.45, 7) is 3.86. The number of hydrogen-bond acceptors (Lipinski definition) is 4. The highest BCUT2D eigenvalue weighted by Gasteiger charge is 2.55. The van der Waals surface area contributed by atoms with E-state index in [0.29, 0.717) is 0 Å². The van der Waals surface area contributed by atoms with Gasteiger partial charge in [-0.05, 0) is 24.5 Å². The lowest BCUT2D eigenvalue weighted by molar-refractivity contribution is -0.144. The first-order valence-electron chi connectivity index (χ1n) is 6.57. The number of hydrogen-bond donors (Lipinski definition) is 1. The third kappa shape index (κ3) is 1.41. The van der Waals surface area contributed by atoms with Crippen LogP contribution in [0.4, 0.5) is 0 Å². The molecule has 0 unspecified atom stereocenters. The first-order valence-corrected chi connectivity index (χ1v) is 6.57. The number of carbonyl (C=O) groups is 2. The first kappa shape index (κ1) is 11.9. The maximum absolute atomic E-state index is 11.7. The quantitative estimate of drug-likeness (QED) is 0.657. The van der Waals surface area contributed by atoms with Crippen LogP contribution in [0, 0.1) is 17.3 Å². The summed E-state index contributed by atoms with van der Waals surface area (Å²) in [4.78, 5) is 23.3. The summed E-state index contributed by atoms with van der Waals surface area (Å²) in [6, 6.07) is 0. The van der Waals surface area contributed by atoms with Crippen LogP contribution in [0.2, 0.25) is 0 Å². The number of aliphatic hydroxyl groups is 1. The van der Waals surface area contributed by atoms with Crippen LogP contribution in [0.5, 0.6) is 0 Å². The zero-order valence-electron chi connectivity index (χ0n) is 10.7. The minimum atomic E-state index is -0.652. The Morgan fingerprint density at radius 1 is 1.44 bits per heavy atom. The van der Waals surface area contributed by atoms with E-state index < -0.39 is 11.5 Å². The summed E-state index contributed by atoms with van der Waals surface area (Å²) in [7, 11) is 0. The molecule has 1 N–H and O–H groups in total. The van der Waals surface area contributed by atoms with Crippen molar-refractivity contribution >= 4 is 11.8 Å². The molecule has 2 aliphatic carbocycles. The van der Waals surface area contributed by atoms with Crippen LogP contribution in [-0.4, -0.2) is 29.1 Å². The molecule has 0 radical (unpaired) electrons. The molecule has 0 bridgehead atoms. The second kappa shape index (κ2) is 3.67. The lowest BCUT2D eigenvalue weighted by Gasteiger charge is -2.46. The van der Waals surface area contributed by atoms with Gasteiger partial charge in [0.05, 0.1) is 12.0 Å². The lowest BCUT2D eigenvalue weighted by atomic mass is 9.60. The van der Waals surface area contributed by atoms with Gasteiger partial charge < -0.3 is 9.84 Å². The SMILES string of the molecule is C[C@@H]1C(=O)O[C@H]2C3=CC(=O)C[C@@H](O)[C@]3(C)CC[C@@H]12. The Labute approximate surface area is 106 Å². The van der Waals surface area contributed by atoms with Crippen molar-refractivity contribution in [2.75, 3.05) is 0 Å². The van der Waals surface area contributed by atoms with Gasteiger partial charge in [-0.25, -0.2) is 0 Å². The average Bonchev–Trinajstić information content (AvgIpc) is 2.58. The van der Waals surface area contributed by atoms with Gasteiger partial charge in [0.2, 0.25) is 0 Å². The molecular formula is C14H18O4. The highest BCUT2D eigenvalue weighted by atomic mass is 16.6. The van der Waals surface area contributed by atoms with Crippen LogP contribution in [0.25, 0.3) is 0 Å². The van der Waals surface area contributed by atoms with Crippen molar-refractivity contribution in [2.45, 2.75) is 45.3 Å². The van der Waals surface area contributed by atoms with Crippen molar-refractivity contribution in [3.05, 3.63) is 11.6 Å². The fraction of sp³-hybridized carbons (Fsp3) is 0.714. The van der Waals surface area contributed by atoms with Gasteiger partial charge >= 0.3 is 5.97 Å². The molecule has 1 saturated carbocycles. The summed E-state index contributed by atoms with van der Waals surface area (Å²) < 4.78 is 5.44. The molecule has 4 nitrogen and oxygen atoms in total. The Balaban J connectivity index is 2.03. The zero-order valence-corrected chi connectivity index (χ0v) is 10.7. The smallest absolute Gasteiger partial charge is 0.309 e. The molecule has 18 heavy (non-hydrogen) atoms. The van der Waals surface area contributed by atoms with Crippen LogP contribution in [0.1, 0.15) is 33.1 Å². The highest BCUT2D eigenvalue weighted by molar-refractivity contribution is 5.92. The molecule has 4 heteroatoms. The third-order valence-corrected chi connectivity index (χ3v) is 5.06. The molecule has 0 aromatic heterocycles. The van der Waals surface area contributed by atoms with Gasteiger partial charge in [0, 0.05) is 17.8 Å². The van der Waals surface area contributed by atoms with Crippen LogP contribution >= 0.6 is 0 Å². The largest absolute Gasteiger partial charge is 0.457 e. The second-order valence-electron chi connectivity index (χ2n) is 6.05. The summed E-state index contributed by atoms with van der Waals surface area (Å²) >= 11 is 0. The Kier molecular flexibility index (Phi) is 2.43. The van der Waals surface area contributed by atoms with Gasteiger partial charge in [0.25, 0.3) is 0 Å². The number of esters is 1. The van der Waals surface area contributed by atoms with Gasteiger partial charge in [-0.2, -0.15) is 0 Å². The Morgan fingerprint density at radius 2 is 2.17 bits per heavy atom. The third-order valence-electron chi connectivity index (χ3n) is 5.06.